The molecule has 0 aliphatic carbocycles. The molecule has 0 unspecified atom stereocenters. The minimum Gasteiger partial charge on any atom is -0.268 e. The standard InChI is InChI=1S/C6H5FN2O/c7-6(10)2-5-9-4-1-3-8/h2,4-5H,1H2/b5-2+,9-4?. The summed E-state index contributed by atoms with van der Waals surface area (Å²) in [4.78, 5) is 13.0. The molecule has 0 fully saturated rings. The molecule has 0 aliphatic heterocycles. The summed E-state index contributed by atoms with van der Waals surface area (Å²) < 4.78 is 11.3. The summed E-state index contributed by atoms with van der Waals surface area (Å²) in [5.41, 5.74) is 0. The number of nitrogens with zero attached hydrogens (tertiary/aromatic N) is 2. The number of halogens is 1. The van der Waals surface area contributed by atoms with E-state index in [0.29, 0.717) is 6.08 Å². The third kappa shape index (κ3) is 6.50. The van der Waals surface area contributed by atoms with E-state index in [-0.39, 0.29) is 6.42 Å². The molecule has 0 bridgehead atoms. The van der Waals surface area contributed by atoms with E-state index in [9.17, 15) is 9.18 Å². The van der Waals surface area contributed by atoms with Gasteiger partial charge in [-0.05, 0) is 0 Å². The van der Waals surface area contributed by atoms with Crippen LogP contribution in [0.4, 0.5) is 4.39 Å². The number of allylic oxidation sites excluding steroid dienone is 1. The first kappa shape index (κ1) is 8.50. The topological polar surface area (TPSA) is 53.2 Å². The molecule has 0 saturated heterocycles. The molecule has 4 heteroatoms. The number of aliphatic imine (C=N–C) groups is 1. The lowest BCUT2D eigenvalue weighted by molar-refractivity contribution is -0.124. The van der Waals surface area contributed by atoms with Gasteiger partial charge in [-0.1, -0.05) is 0 Å². The van der Waals surface area contributed by atoms with Crippen molar-refractivity contribution >= 4 is 12.3 Å². The van der Waals surface area contributed by atoms with E-state index in [1.165, 1.54) is 6.21 Å². The molecule has 0 N–H and O–H groups in total. The molecule has 0 aromatic rings. The molecule has 0 amide bonds. The summed E-state index contributed by atoms with van der Waals surface area (Å²) in [6.45, 7) is 0. The van der Waals surface area contributed by atoms with Crippen LogP contribution in [0.15, 0.2) is 17.3 Å². The van der Waals surface area contributed by atoms with Gasteiger partial charge in [-0.3, -0.25) is 9.79 Å². The maximum atomic E-state index is 11.3. The second-order valence-electron chi connectivity index (χ2n) is 1.31. The molecule has 0 atom stereocenters. The molecule has 3 nitrogen and oxygen atoms in total. The van der Waals surface area contributed by atoms with E-state index in [1.54, 1.807) is 6.07 Å². The van der Waals surface area contributed by atoms with Crippen LogP contribution in [-0.2, 0) is 4.79 Å². The van der Waals surface area contributed by atoms with Crippen molar-refractivity contribution in [2.24, 2.45) is 4.99 Å². The van der Waals surface area contributed by atoms with E-state index in [0.717, 1.165) is 6.20 Å². The molecule has 0 radical (unpaired) electrons. The van der Waals surface area contributed by atoms with E-state index < -0.39 is 6.04 Å². The van der Waals surface area contributed by atoms with E-state index in [2.05, 4.69) is 4.99 Å². The van der Waals surface area contributed by atoms with Gasteiger partial charge in [0.25, 0.3) is 0 Å². The highest BCUT2D eigenvalue weighted by molar-refractivity contribution is 5.80. The van der Waals surface area contributed by atoms with Gasteiger partial charge in [0.1, 0.15) is 0 Å². The molecule has 0 saturated carbocycles. The fraction of sp³-hybridized carbons (Fsp3) is 0.167. The van der Waals surface area contributed by atoms with Crippen LogP contribution in [0, 0.1) is 11.3 Å². The van der Waals surface area contributed by atoms with Crippen molar-refractivity contribution in [3.8, 4) is 6.07 Å². The van der Waals surface area contributed by atoms with E-state index in [1.807, 2.05) is 0 Å². The van der Waals surface area contributed by atoms with Crippen LogP contribution in [0.25, 0.3) is 0 Å². The Morgan fingerprint density at radius 2 is 2.50 bits per heavy atom. The third-order valence-electron chi connectivity index (χ3n) is 0.580. The number of nitriles is 1. The van der Waals surface area contributed by atoms with Crippen molar-refractivity contribution in [2.75, 3.05) is 0 Å². The smallest absolute Gasteiger partial charge is 0.268 e. The Bertz CT molecular complexity index is 202. The summed E-state index contributed by atoms with van der Waals surface area (Å²) in [7, 11) is 0. The monoisotopic (exact) mass is 140 g/mol. The van der Waals surface area contributed by atoms with Gasteiger partial charge < -0.3 is 0 Å². The van der Waals surface area contributed by atoms with Gasteiger partial charge in [0.05, 0.1) is 12.5 Å². The molecular weight excluding hydrogens is 135 g/mol. The van der Waals surface area contributed by atoms with Gasteiger partial charge in [0.2, 0.25) is 0 Å². The molecule has 0 aromatic heterocycles. The number of rotatable bonds is 3. The van der Waals surface area contributed by atoms with Crippen molar-refractivity contribution in [2.45, 2.75) is 6.42 Å². The SMILES string of the molecule is N#CCC=N/C=C/C(=O)F. The van der Waals surface area contributed by atoms with Gasteiger partial charge in [0, 0.05) is 18.5 Å². The average molecular weight is 140 g/mol. The van der Waals surface area contributed by atoms with Gasteiger partial charge in [-0.15, -0.1) is 0 Å². The Morgan fingerprint density at radius 1 is 1.80 bits per heavy atom. The molecular formula is C6H5FN2O. The summed E-state index contributed by atoms with van der Waals surface area (Å²) in [6, 6.07) is 0.247. The van der Waals surface area contributed by atoms with Crippen molar-refractivity contribution in [3.63, 3.8) is 0 Å². The highest BCUT2D eigenvalue weighted by Gasteiger charge is 1.82. The Hall–Kier alpha value is -1.50. The zero-order chi connectivity index (χ0) is 7.82. The maximum Gasteiger partial charge on any atom is 0.326 e. The van der Waals surface area contributed by atoms with Crippen molar-refractivity contribution in [1.29, 1.82) is 5.26 Å². The molecule has 0 spiro atoms. The molecule has 0 aliphatic rings. The molecule has 0 rings (SSSR count). The fourth-order valence-corrected chi connectivity index (χ4v) is 0.256. The summed E-state index contributed by atoms with van der Waals surface area (Å²) in [5.74, 6) is 0. The highest BCUT2D eigenvalue weighted by Crippen LogP contribution is 1.78. The van der Waals surface area contributed by atoms with Gasteiger partial charge in [-0.2, -0.15) is 9.65 Å². The van der Waals surface area contributed by atoms with Crippen LogP contribution in [0.5, 0.6) is 0 Å². The quantitative estimate of drug-likeness (QED) is 0.333. The van der Waals surface area contributed by atoms with Crippen molar-refractivity contribution in [1.82, 2.24) is 0 Å². The first-order chi connectivity index (χ1) is 4.77. The van der Waals surface area contributed by atoms with Crippen molar-refractivity contribution in [3.05, 3.63) is 12.3 Å². The van der Waals surface area contributed by atoms with Gasteiger partial charge >= 0.3 is 6.04 Å². The van der Waals surface area contributed by atoms with Crippen LogP contribution in [-0.4, -0.2) is 12.3 Å². The van der Waals surface area contributed by atoms with Crippen LogP contribution in [0.2, 0.25) is 0 Å². The average Bonchev–Trinajstić information content (AvgIpc) is 1.87. The minimum atomic E-state index is -1.55. The lowest BCUT2D eigenvalue weighted by Crippen LogP contribution is -1.75. The molecule has 0 aromatic carbocycles. The van der Waals surface area contributed by atoms with Crippen LogP contribution >= 0.6 is 0 Å². The normalized spacial score (nSPS) is 10.4. The van der Waals surface area contributed by atoms with Gasteiger partial charge in [-0.25, -0.2) is 0 Å². The Balaban J connectivity index is 3.54. The van der Waals surface area contributed by atoms with Crippen LogP contribution in [0.1, 0.15) is 6.42 Å². The van der Waals surface area contributed by atoms with Gasteiger partial charge in [0.15, 0.2) is 0 Å². The Labute approximate surface area is 57.5 Å². The molecule has 52 valence electrons. The minimum absolute atomic E-state index is 0.158. The molecule has 10 heavy (non-hydrogen) atoms. The third-order valence-corrected chi connectivity index (χ3v) is 0.580. The van der Waals surface area contributed by atoms with Crippen LogP contribution in [0.3, 0.4) is 0 Å². The maximum absolute atomic E-state index is 11.3. The van der Waals surface area contributed by atoms with Crippen LogP contribution < -0.4 is 0 Å². The second kappa shape index (κ2) is 5.63. The predicted molar refractivity (Wildman–Crippen MR) is 34.0 cm³/mol. The predicted octanol–water partition coefficient (Wildman–Crippen LogP) is 0.981. The zero-order valence-electron chi connectivity index (χ0n) is 5.12. The first-order valence-corrected chi connectivity index (χ1v) is 2.52. The number of carbonyl (C=O) groups excluding carboxylic acids is 1. The number of hydrogen-bond acceptors (Lipinski definition) is 3. The fourth-order valence-electron chi connectivity index (χ4n) is 0.256. The lowest BCUT2D eigenvalue weighted by Gasteiger charge is -1.72. The number of carbonyl (C=O) groups is 1. The summed E-state index contributed by atoms with van der Waals surface area (Å²) in [6.07, 6.45) is 3.11. The Kier molecular flexibility index (Phi) is 4.79. The first-order valence-electron chi connectivity index (χ1n) is 2.52. The largest absolute Gasteiger partial charge is 0.326 e. The number of hydrogen-bond donors (Lipinski definition) is 0. The van der Waals surface area contributed by atoms with E-state index >= 15 is 0 Å². The van der Waals surface area contributed by atoms with E-state index in [4.69, 9.17) is 5.26 Å². The summed E-state index contributed by atoms with van der Waals surface area (Å²) in [5, 5.41) is 7.97. The highest BCUT2D eigenvalue weighted by atomic mass is 19.1. The zero-order valence-corrected chi connectivity index (χ0v) is 5.12. The summed E-state index contributed by atoms with van der Waals surface area (Å²) >= 11 is 0. The Morgan fingerprint density at radius 3 is 3.00 bits per heavy atom. The lowest BCUT2D eigenvalue weighted by atomic mass is 10.5. The van der Waals surface area contributed by atoms with Crippen molar-refractivity contribution < 1.29 is 9.18 Å². The second-order valence-corrected chi connectivity index (χ2v) is 1.31. The molecule has 0 heterocycles.